The molecule has 0 radical (unpaired) electrons. The minimum absolute atomic E-state index is 0. The quantitative estimate of drug-likeness (QED) is 0.827. The Morgan fingerprint density at radius 1 is 1.30 bits per heavy atom. The number of alkyl halides is 3. The summed E-state index contributed by atoms with van der Waals surface area (Å²) in [5.41, 5.74) is 5.94. The number of halogens is 4. The lowest BCUT2D eigenvalue weighted by atomic mass is 9.95. The summed E-state index contributed by atoms with van der Waals surface area (Å²) in [7, 11) is 0. The molecular weight excluding hydrogens is 333 g/mol. The van der Waals surface area contributed by atoms with E-state index in [-0.39, 0.29) is 30.5 Å². The maximum absolute atomic E-state index is 12.1. The van der Waals surface area contributed by atoms with Crippen LogP contribution in [0.4, 0.5) is 13.2 Å². The molecule has 23 heavy (non-hydrogen) atoms. The van der Waals surface area contributed by atoms with Gasteiger partial charge in [0.25, 0.3) is 0 Å². The average Bonchev–Trinajstić information content (AvgIpc) is 3.24. The van der Waals surface area contributed by atoms with E-state index in [0.29, 0.717) is 18.0 Å². The largest absolute Gasteiger partial charge is 0.573 e. The predicted octanol–water partition coefficient (Wildman–Crippen LogP) is 2.79. The minimum atomic E-state index is -4.72. The Balaban J connectivity index is 0.00000264. The van der Waals surface area contributed by atoms with Crippen LogP contribution in [0.2, 0.25) is 0 Å². The first kappa shape index (κ1) is 19.6. The van der Waals surface area contributed by atoms with Crippen LogP contribution in [0.15, 0.2) is 24.3 Å². The lowest BCUT2D eigenvalue weighted by molar-refractivity contribution is -0.274. The minimum Gasteiger partial charge on any atom is -0.406 e. The molecule has 1 unspecified atom stereocenters. The van der Waals surface area contributed by atoms with Crippen molar-refractivity contribution in [1.29, 1.82) is 0 Å². The van der Waals surface area contributed by atoms with Crippen molar-refractivity contribution in [3.63, 3.8) is 0 Å². The summed E-state index contributed by atoms with van der Waals surface area (Å²) in [6.07, 6.45) is -2.52. The van der Waals surface area contributed by atoms with Crippen LogP contribution in [0.5, 0.6) is 5.75 Å². The molecule has 8 heteroatoms. The first-order valence-electron chi connectivity index (χ1n) is 7.07. The first-order chi connectivity index (χ1) is 10.2. The lowest BCUT2D eigenvalue weighted by Crippen LogP contribution is -2.53. The number of hydrogen-bond acceptors (Lipinski definition) is 3. The van der Waals surface area contributed by atoms with Gasteiger partial charge in [-0.15, -0.1) is 25.6 Å². The molecule has 1 aromatic rings. The fraction of sp³-hybridized carbons (Fsp3) is 0.533. The van der Waals surface area contributed by atoms with Crippen molar-refractivity contribution in [3.05, 3.63) is 29.8 Å². The summed E-state index contributed by atoms with van der Waals surface area (Å²) >= 11 is 0. The Hall–Kier alpha value is -1.47. The molecule has 1 amide bonds. The van der Waals surface area contributed by atoms with Gasteiger partial charge in [0.2, 0.25) is 5.91 Å². The van der Waals surface area contributed by atoms with E-state index in [0.717, 1.165) is 12.8 Å². The van der Waals surface area contributed by atoms with Gasteiger partial charge in [0.05, 0.1) is 12.0 Å². The monoisotopic (exact) mass is 352 g/mol. The second kappa shape index (κ2) is 7.40. The molecule has 0 heterocycles. The van der Waals surface area contributed by atoms with Crippen LogP contribution in [0.3, 0.4) is 0 Å². The molecule has 130 valence electrons. The Labute approximate surface area is 139 Å². The number of benzene rings is 1. The van der Waals surface area contributed by atoms with Crippen molar-refractivity contribution >= 4 is 18.3 Å². The highest BCUT2D eigenvalue weighted by atomic mass is 35.5. The third-order valence-corrected chi connectivity index (χ3v) is 3.85. The Kier molecular flexibility index (Phi) is 6.30. The highest BCUT2D eigenvalue weighted by molar-refractivity contribution is 5.85. The number of ether oxygens (including phenoxy) is 1. The van der Waals surface area contributed by atoms with Gasteiger partial charge in [-0.2, -0.15) is 0 Å². The molecular formula is C15H20ClF3N2O2. The molecule has 1 aliphatic rings. The van der Waals surface area contributed by atoms with Crippen LogP contribution in [-0.2, 0) is 11.2 Å². The number of amides is 1. The molecule has 1 aliphatic carbocycles. The molecule has 0 aromatic heterocycles. The van der Waals surface area contributed by atoms with Crippen LogP contribution < -0.4 is 15.8 Å². The van der Waals surface area contributed by atoms with Gasteiger partial charge in [0.1, 0.15) is 5.75 Å². The zero-order valence-electron chi connectivity index (χ0n) is 12.7. The fourth-order valence-electron chi connectivity index (χ4n) is 2.40. The molecule has 1 fully saturated rings. The smallest absolute Gasteiger partial charge is 0.406 e. The molecule has 1 aromatic carbocycles. The Morgan fingerprint density at radius 2 is 1.87 bits per heavy atom. The molecule has 2 rings (SSSR count). The number of nitrogens with two attached hydrogens (primary N) is 1. The Morgan fingerprint density at radius 3 is 2.30 bits per heavy atom. The van der Waals surface area contributed by atoms with Crippen LogP contribution in [0, 0.1) is 5.92 Å². The summed E-state index contributed by atoms with van der Waals surface area (Å²) in [6.45, 7) is 2.28. The van der Waals surface area contributed by atoms with E-state index in [1.807, 2.05) is 6.92 Å². The maximum Gasteiger partial charge on any atom is 0.573 e. The number of carbonyl (C=O) groups excluding carboxylic acids is 1. The SMILES string of the molecule is CC(CN)(NC(=O)Cc1ccc(OC(F)(F)F)cc1)C1CC1.Cl. The maximum atomic E-state index is 12.1. The summed E-state index contributed by atoms with van der Waals surface area (Å²) < 4.78 is 40.0. The van der Waals surface area contributed by atoms with Crippen LogP contribution in [-0.4, -0.2) is 24.4 Å². The van der Waals surface area contributed by atoms with Crippen molar-refractivity contribution in [2.24, 2.45) is 11.7 Å². The third-order valence-electron chi connectivity index (χ3n) is 3.85. The van der Waals surface area contributed by atoms with Crippen molar-refractivity contribution < 1.29 is 22.7 Å². The molecule has 4 nitrogen and oxygen atoms in total. The van der Waals surface area contributed by atoms with Crippen molar-refractivity contribution in [2.45, 2.75) is 38.1 Å². The number of carbonyl (C=O) groups is 1. The number of hydrogen-bond donors (Lipinski definition) is 2. The van der Waals surface area contributed by atoms with Gasteiger partial charge in [-0.25, -0.2) is 0 Å². The fourth-order valence-corrected chi connectivity index (χ4v) is 2.40. The van der Waals surface area contributed by atoms with E-state index >= 15 is 0 Å². The highest BCUT2D eigenvalue weighted by Gasteiger charge is 2.41. The van der Waals surface area contributed by atoms with E-state index < -0.39 is 11.9 Å². The van der Waals surface area contributed by atoms with Crippen LogP contribution >= 0.6 is 12.4 Å². The molecule has 0 bridgehead atoms. The third kappa shape index (κ3) is 5.91. The zero-order chi connectivity index (χ0) is 16.4. The van der Waals surface area contributed by atoms with E-state index in [1.54, 1.807) is 0 Å². The number of rotatable bonds is 6. The summed E-state index contributed by atoms with van der Waals surface area (Å²) in [5.74, 6) is -0.0882. The highest BCUT2D eigenvalue weighted by Crippen LogP contribution is 2.39. The zero-order valence-corrected chi connectivity index (χ0v) is 13.5. The van der Waals surface area contributed by atoms with E-state index in [1.165, 1.54) is 24.3 Å². The van der Waals surface area contributed by atoms with Gasteiger partial charge >= 0.3 is 6.36 Å². The van der Waals surface area contributed by atoms with E-state index in [4.69, 9.17) is 5.73 Å². The molecule has 1 atom stereocenters. The van der Waals surface area contributed by atoms with Gasteiger partial charge < -0.3 is 15.8 Å². The van der Waals surface area contributed by atoms with Crippen molar-refractivity contribution in [3.8, 4) is 5.75 Å². The molecule has 0 aliphatic heterocycles. The summed E-state index contributed by atoms with van der Waals surface area (Å²) in [5, 5.41) is 2.93. The summed E-state index contributed by atoms with van der Waals surface area (Å²) in [6, 6.07) is 5.27. The van der Waals surface area contributed by atoms with Gasteiger partial charge in [-0.1, -0.05) is 12.1 Å². The van der Waals surface area contributed by atoms with E-state index in [9.17, 15) is 18.0 Å². The van der Waals surface area contributed by atoms with Crippen LogP contribution in [0.1, 0.15) is 25.3 Å². The standard InChI is InChI=1S/C15H19F3N2O2.ClH/c1-14(9-19,11-4-5-11)20-13(21)8-10-2-6-12(7-3-10)22-15(16,17)18;/h2-3,6-7,11H,4-5,8-9,19H2,1H3,(H,20,21);1H. The lowest BCUT2D eigenvalue weighted by Gasteiger charge is -2.29. The van der Waals surface area contributed by atoms with Gasteiger partial charge in [0, 0.05) is 6.54 Å². The second-order valence-electron chi connectivity index (χ2n) is 5.81. The Bertz CT molecular complexity index is 533. The van der Waals surface area contributed by atoms with Gasteiger partial charge in [-0.3, -0.25) is 4.79 Å². The summed E-state index contributed by atoms with van der Waals surface area (Å²) in [4.78, 5) is 12.1. The normalized spacial score (nSPS) is 16.9. The van der Waals surface area contributed by atoms with Gasteiger partial charge in [0.15, 0.2) is 0 Å². The van der Waals surface area contributed by atoms with Crippen LogP contribution in [0.25, 0.3) is 0 Å². The first-order valence-corrected chi connectivity index (χ1v) is 7.07. The predicted molar refractivity (Wildman–Crippen MR) is 82.4 cm³/mol. The topological polar surface area (TPSA) is 64.3 Å². The molecule has 1 saturated carbocycles. The average molecular weight is 353 g/mol. The second-order valence-corrected chi connectivity index (χ2v) is 5.81. The molecule has 0 saturated heterocycles. The number of nitrogens with one attached hydrogen (secondary N) is 1. The van der Waals surface area contributed by atoms with E-state index in [2.05, 4.69) is 10.1 Å². The van der Waals surface area contributed by atoms with Crippen molar-refractivity contribution in [1.82, 2.24) is 5.32 Å². The molecule has 0 spiro atoms. The van der Waals surface area contributed by atoms with Gasteiger partial charge in [-0.05, 0) is 43.4 Å². The van der Waals surface area contributed by atoms with Crippen molar-refractivity contribution in [2.75, 3.05) is 6.54 Å². The molecule has 3 N–H and O–H groups in total.